The Bertz CT molecular complexity index is 1210. The summed E-state index contributed by atoms with van der Waals surface area (Å²) in [4.78, 5) is 31.5. The minimum absolute atomic E-state index is 0.0183. The number of aryl methyl sites for hydroxylation is 1. The normalized spacial score (nSPS) is 19.4. The van der Waals surface area contributed by atoms with Crippen molar-refractivity contribution in [3.8, 4) is 11.8 Å². The van der Waals surface area contributed by atoms with Gasteiger partial charge >= 0.3 is 6.03 Å². The van der Waals surface area contributed by atoms with Crippen molar-refractivity contribution in [2.24, 2.45) is 11.7 Å². The number of likely N-dealkylation sites (N-methyl/N-ethyl adjacent to an activating group) is 1. The number of nitrogens with one attached hydrogen (secondary N) is 1. The van der Waals surface area contributed by atoms with Crippen LogP contribution in [0, 0.1) is 24.2 Å². The summed E-state index contributed by atoms with van der Waals surface area (Å²) in [5.74, 6) is 0.0764. The maximum absolute atomic E-state index is 14.1. The zero-order chi connectivity index (χ0) is 26.7. The van der Waals surface area contributed by atoms with Crippen molar-refractivity contribution < 1.29 is 14.3 Å². The first-order chi connectivity index (χ1) is 17.7. The van der Waals surface area contributed by atoms with Crippen LogP contribution in [0.3, 0.4) is 0 Å². The van der Waals surface area contributed by atoms with Crippen LogP contribution in [0.5, 0.6) is 5.75 Å². The number of carbonyl (C=O) groups is 2. The molecule has 0 spiro atoms. The fraction of sp³-hybridized carbons (Fsp3) is 0.464. The minimum atomic E-state index is -0.261. The van der Waals surface area contributed by atoms with Gasteiger partial charge in [-0.05, 0) is 88.2 Å². The molecule has 3 amide bonds. The predicted octanol–water partition coefficient (Wildman–Crippen LogP) is 3.97. The summed E-state index contributed by atoms with van der Waals surface area (Å²) in [5, 5.41) is 13.2. The number of fused-ring (bicyclic) bond motifs is 1. The van der Waals surface area contributed by atoms with Crippen molar-refractivity contribution in [3.63, 3.8) is 0 Å². The van der Waals surface area contributed by atoms with E-state index in [9.17, 15) is 14.9 Å². The van der Waals surface area contributed by atoms with Crippen LogP contribution >= 0.6 is 0 Å². The van der Waals surface area contributed by atoms with Crippen LogP contribution < -0.4 is 20.7 Å². The number of rotatable bonds is 8. The molecule has 0 bridgehead atoms. The van der Waals surface area contributed by atoms with Crippen molar-refractivity contribution in [2.45, 2.75) is 45.2 Å². The molecule has 0 atom stereocenters. The molecule has 2 aromatic carbocycles. The number of carbonyl (C=O) groups excluding carboxylic acids is 2. The molecule has 1 aliphatic heterocycles. The summed E-state index contributed by atoms with van der Waals surface area (Å²) in [5.41, 5.74) is 10.4. The van der Waals surface area contributed by atoms with Gasteiger partial charge in [0.2, 0.25) is 5.91 Å². The van der Waals surface area contributed by atoms with Gasteiger partial charge < -0.3 is 25.6 Å². The van der Waals surface area contributed by atoms with E-state index in [1.807, 2.05) is 31.1 Å². The number of ether oxygens (including phenoxy) is 1. The zero-order valence-corrected chi connectivity index (χ0v) is 22.1. The number of hydrogen-bond donors (Lipinski definition) is 2. The Kier molecular flexibility index (Phi) is 7.89. The van der Waals surface area contributed by atoms with E-state index in [-0.39, 0.29) is 23.9 Å². The van der Waals surface area contributed by atoms with Crippen molar-refractivity contribution in [3.05, 3.63) is 47.0 Å². The monoisotopic (exact) mass is 504 g/mol. The topological polar surface area (TPSA) is 115 Å². The van der Waals surface area contributed by atoms with Gasteiger partial charge in [0.1, 0.15) is 11.8 Å². The fourth-order valence-electron chi connectivity index (χ4n) is 5.33. The number of primary amides is 1. The van der Waals surface area contributed by atoms with Crippen LogP contribution in [-0.4, -0.2) is 62.1 Å². The van der Waals surface area contributed by atoms with E-state index < -0.39 is 0 Å². The summed E-state index contributed by atoms with van der Waals surface area (Å²) in [6, 6.07) is 11.5. The number of methoxy groups -OCH3 is 1. The van der Waals surface area contributed by atoms with Crippen molar-refractivity contribution >= 4 is 29.0 Å². The van der Waals surface area contributed by atoms with Gasteiger partial charge in [-0.2, -0.15) is 5.26 Å². The first-order valence-corrected chi connectivity index (χ1v) is 12.7. The number of hydrogen-bond acceptors (Lipinski definition) is 6. The highest BCUT2D eigenvalue weighted by molar-refractivity contribution is 6.03. The maximum Gasteiger partial charge on any atom is 0.329 e. The van der Waals surface area contributed by atoms with E-state index in [0.717, 1.165) is 48.4 Å². The molecule has 9 nitrogen and oxygen atoms in total. The molecule has 196 valence electrons. The van der Waals surface area contributed by atoms with Gasteiger partial charge in [-0.1, -0.05) is 0 Å². The summed E-state index contributed by atoms with van der Waals surface area (Å²) >= 11 is 0. The summed E-state index contributed by atoms with van der Waals surface area (Å²) < 4.78 is 5.33. The largest absolute Gasteiger partial charge is 0.495 e. The molecule has 0 aromatic heterocycles. The summed E-state index contributed by atoms with van der Waals surface area (Å²) in [6.07, 6.45) is 2.84. The van der Waals surface area contributed by atoms with Gasteiger partial charge in [0.25, 0.3) is 0 Å². The Labute approximate surface area is 218 Å². The molecule has 4 rings (SSSR count). The van der Waals surface area contributed by atoms with Gasteiger partial charge in [-0.3, -0.25) is 9.69 Å². The lowest BCUT2D eigenvalue weighted by molar-refractivity contribution is -0.123. The van der Waals surface area contributed by atoms with E-state index in [4.69, 9.17) is 10.5 Å². The third-order valence-electron chi connectivity index (χ3n) is 7.45. The SMILES string of the molecule is COc1ccc(N2C(=O)N(C3CCC(C(N)=O)CC3)Cc3c(C)cc(NCCN(C)C)cc32)cc1C#N. The fourth-order valence-corrected chi connectivity index (χ4v) is 5.33. The quantitative estimate of drug-likeness (QED) is 0.562. The van der Waals surface area contributed by atoms with Gasteiger partial charge in [0.05, 0.1) is 30.6 Å². The minimum Gasteiger partial charge on any atom is -0.495 e. The molecule has 0 radical (unpaired) electrons. The lowest BCUT2D eigenvalue weighted by Crippen LogP contribution is -2.51. The molecule has 9 heteroatoms. The number of nitrogens with zero attached hydrogens (tertiary/aromatic N) is 4. The molecular formula is C28H36N6O3. The molecule has 37 heavy (non-hydrogen) atoms. The highest BCUT2D eigenvalue weighted by atomic mass is 16.5. The Morgan fingerprint density at radius 3 is 2.57 bits per heavy atom. The molecule has 3 N–H and O–H groups in total. The van der Waals surface area contributed by atoms with E-state index in [2.05, 4.69) is 29.3 Å². The van der Waals surface area contributed by atoms with Gasteiger partial charge in [-0.15, -0.1) is 0 Å². The number of urea groups is 1. The van der Waals surface area contributed by atoms with Crippen molar-refractivity contribution in [1.82, 2.24) is 9.80 Å². The van der Waals surface area contributed by atoms with Crippen LogP contribution in [0.25, 0.3) is 0 Å². The van der Waals surface area contributed by atoms with Crippen molar-refractivity contribution in [2.75, 3.05) is 44.5 Å². The molecule has 1 aliphatic carbocycles. The highest BCUT2D eigenvalue weighted by Gasteiger charge is 2.38. The van der Waals surface area contributed by atoms with E-state index in [1.165, 1.54) is 7.11 Å². The van der Waals surface area contributed by atoms with Crippen molar-refractivity contribution in [1.29, 1.82) is 5.26 Å². The van der Waals surface area contributed by atoms with Gasteiger partial charge in [0.15, 0.2) is 0 Å². The molecule has 1 saturated carbocycles. The molecular weight excluding hydrogens is 468 g/mol. The van der Waals surface area contributed by atoms with Gasteiger partial charge in [-0.25, -0.2) is 4.79 Å². The average molecular weight is 505 g/mol. The molecule has 2 aliphatic rings. The number of benzene rings is 2. The Morgan fingerprint density at radius 2 is 1.95 bits per heavy atom. The van der Waals surface area contributed by atoms with E-state index in [1.54, 1.807) is 17.0 Å². The Balaban J connectivity index is 1.74. The van der Waals surface area contributed by atoms with Gasteiger partial charge in [0, 0.05) is 30.7 Å². The first-order valence-electron chi connectivity index (χ1n) is 12.7. The zero-order valence-electron chi connectivity index (χ0n) is 22.1. The van der Waals surface area contributed by atoms with E-state index in [0.29, 0.717) is 36.4 Å². The smallest absolute Gasteiger partial charge is 0.329 e. The second-order valence-electron chi connectivity index (χ2n) is 10.2. The summed E-state index contributed by atoms with van der Waals surface area (Å²) in [6.45, 7) is 4.22. The lowest BCUT2D eigenvalue weighted by atomic mass is 9.84. The summed E-state index contributed by atoms with van der Waals surface area (Å²) in [7, 11) is 5.58. The highest BCUT2D eigenvalue weighted by Crippen LogP contribution is 2.42. The first kappa shape index (κ1) is 26.3. The Morgan fingerprint density at radius 1 is 1.22 bits per heavy atom. The van der Waals surface area contributed by atoms with Crippen LogP contribution in [0.4, 0.5) is 21.9 Å². The van der Waals surface area contributed by atoms with Crippen LogP contribution in [-0.2, 0) is 11.3 Å². The molecule has 1 fully saturated rings. The van der Waals surface area contributed by atoms with Crippen LogP contribution in [0.1, 0.15) is 42.4 Å². The number of anilines is 3. The number of nitrogens with two attached hydrogens (primary N) is 1. The second kappa shape index (κ2) is 11.1. The molecule has 0 saturated heterocycles. The third kappa shape index (κ3) is 5.49. The molecule has 2 aromatic rings. The number of nitriles is 1. The van der Waals surface area contributed by atoms with Crippen LogP contribution in [0.2, 0.25) is 0 Å². The average Bonchev–Trinajstić information content (AvgIpc) is 2.88. The number of amides is 3. The molecule has 1 heterocycles. The Hall–Kier alpha value is -3.77. The predicted molar refractivity (Wildman–Crippen MR) is 144 cm³/mol. The third-order valence-corrected chi connectivity index (χ3v) is 7.45. The maximum atomic E-state index is 14.1. The molecule has 0 unspecified atom stereocenters. The van der Waals surface area contributed by atoms with E-state index >= 15 is 0 Å². The lowest BCUT2D eigenvalue weighted by Gasteiger charge is -2.43. The standard InChI is InChI=1S/C28H36N6O3/c1-18-13-21(31-11-12-32(2)3)15-25-24(18)17-33(22-7-5-19(6-8-22)27(30)35)28(36)34(25)23-9-10-26(37-4)20(14-23)16-29/h9-10,13-15,19,22,31H,5-8,11-12,17H2,1-4H3,(H2,30,35). The van der Waals surface area contributed by atoms with Crippen LogP contribution in [0.15, 0.2) is 30.3 Å². The second-order valence-corrected chi connectivity index (χ2v) is 10.2.